The van der Waals surface area contributed by atoms with Crippen molar-refractivity contribution >= 4 is 28.9 Å². The quantitative estimate of drug-likeness (QED) is 0.834. The summed E-state index contributed by atoms with van der Waals surface area (Å²) in [4.78, 5) is 0. The Labute approximate surface area is 92.2 Å². The molecule has 1 aliphatic carbocycles. The van der Waals surface area contributed by atoms with Gasteiger partial charge in [0.2, 0.25) is 0 Å². The van der Waals surface area contributed by atoms with Crippen molar-refractivity contribution in [3.63, 3.8) is 0 Å². The first-order chi connectivity index (χ1) is 6.66. The van der Waals surface area contributed by atoms with E-state index in [0.717, 1.165) is 12.5 Å². The van der Waals surface area contributed by atoms with E-state index in [-0.39, 0.29) is 0 Å². The molecule has 0 bridgehead atoms. The van der Waals surface area contributed by atoms with Gasteiger partial charge < -0.3 is 5.32 Å². The third-order valence-electron chi connectivity index (χ3n) is 2.27. The molecule has 4 heteroatoms. The molecule has 0 saturated heterocycles. The summed E-state index contributed by atoms with van der Waals surface area (Å²) in [5, 5.41) is 3.83. The van der Waals surface area contributed by atoms with Crippen LogP contribution in [0.1, 0.15) is 12.8 Å². The highest BCUT2D eigenvalue weighted by Gasteiger charge is 2.21. The van der Waals surface area contributed by atoms with Gasteiger partial charge in [-0.05, 0) is 30.9 Å². The van der Waals surface area contributed by atoms with Crippen molar-refractivity contribution in [2.24, 2.45) is 5.92 Å². The molecule has 0 amide bonds. The third-order valence-corrected chi connectivity index (χ3v) is 2.87. The Morgan fingerprint density at radius 2 is 1.86 bits per heavy atom. The van der Waals surface area contributed by atoms with Gasteiger partial charge in [0.1, 0.15) is 5.82 Å². The van der Waals surface area contributed by atoms with E-state index in [2.05, 4.69) is 5.32 Å². The Morgan fingerprint density at radius 3 is 2.36 bits per heavy atom. The molecular weight excluding hydrogens is 224 g/mol. The number of rotatable bonds is 3. The molecule has 1 aromatic carbocycles. The van der Waals surface area contributed by atoms with E-state index in [1.807, 2.05) is 0 Å². The maximum absolute atomic E-state index is 12.8. The fourth-order valence-electron chi connectivity index (χ4n) is 1.28. The molecule has 76 valence electrons. The van der Waals surface area contributed by atoms with E-state index < -0.39 is 5.82 Å². The summed E-state index contributed by atoms with van der Waals surface area (Å²) in [5.41, 5.74) is 0.640. The Balaban J connectivity index is 2.13. The Morgan fingerprint density at radius 1 is 1.29 bits per heavy atom. The van der Waals surface area contributed by atoms with E-state index in [9.17, 15) is 4.39 Å². The molecule has 0 aliphatic heterocycles. The molecule has 2 rings (SSSR count). The summed E-state index contributed by atoms with van der Waals surface area (Å²) in [5.74, 6) is 0.323. The fraction of sp³-hybridized carbons (Fsp3) is 0.400. The molecule has 1 nitrogen and oxygen atoms in total. The van der Waals surface area contributed by atoms with E-state index in [0.29, 0.717) is 15.7 Å². The van der Waals surface area contributed by atoms with Gasteiger partial charge in [-0.15, -0.1) is 0 Å². The van der Waals surface area contributed by atoms with Gasteiger partial charge in [-0.2, -0.15) is 0 Å². The van der Waals surface area contributed by atoms with Crippen LogP contribution in [0.4, 0.5) is 10.1 Å². The molecule has 1 fully saturated rings. The van der Waals surface area contributed by atoms with Crippen LogP contribution in [0.3, 0.4) is 0 Å². The largest absolute Gasteiger partial charge is 0.382 e. The zero-order valence-electron chi connectivity index (χ0n) is 7.49. The van der Waals surface area contributed by atoms with E-state index in [4.69, 9.17) is 23.2 Å². The lowest BCUT2D eigenvalue weighted by molar-refractivity contribution is 0.628. The van der Waals surface area contributed by atoms with E-state index in [1.165, 1.54) is 25.0 Å². The van der Waals surface area contributed by atoms with Crippen molar-refractivity contribution in [1.29, 1.82) is 0 Å². The average molecular weight is 234 g/mol. The SMILES string of the molecule is Fc1cc(Cl)c(NCC2CC2)c(Cl)c1. The molecule has 0 unspecified atom stereocenters. The zero-order valence-corrected chi connectivity index (χ0v) is 9.00. The van der Waals surface area contributed by atoms with Crippen LogP contribution in [0.25, 0.3) is 0 Å². The molecule has 0 heterocycles. The second-order valence-electron chi connectivity index (χ2n) is 3.57. The van der Waals surface area contributed by atoms with Crippen LogP contribution < -0.4 is 5.32 Å². The number of hydrogen-bond acceptors (Lipinski definition) is 1. The zero-order chi connectivity index (χ0) is 10.1. The molecular formula is C10H10Cl2FN. The number of halogens is 3. The molecule has 0 atom stereocenters. The van der Waals surface area contributed by atoms with Crippen molar-refractivity contribution in [3.05, 3.63) is 28.0 Å². The van der Waals surface area contributed by atoms with Gasteiger partial charge in [0.15, 0.2) is 0 Å². The Kier molecular flexibility index (Phi) is 2.84. The minimum Gasteiger partial charge on any atom is -0.382 e. The van der Waals surface area contributed by atoms with Gasteiger partial charge in [0.25, 0.3) is 0 Å². The highest BCUT2D eigenvalue weighted by Crippen LogP contribution is 2.34. The first kappa shape index (κ1) is 10.1. The van der Waals surface area contributed by atoms with Gasteiger partial charge in [-0.1, -0.05) is 23.2 Å². The third kappa shape index (κ3) is 2.31. The minimum atomic E-state index is -0.406. The first-order valence-corrected chi connectivity index (χ1v) is 5.31. The fourth-order valence-corrected chi connectivity index (χ4v) is 1.87. The molecule has 0 radical (unpaired) electrons. The van der Waals surface area contributed by atoms with Gasteiger partial charge in [-0.3, -0.25) is 0 Å². The summed E-state index contributed by atoms with van der Waals surface area (Å²) in [7, 11) is 0. The van der Waals surface area contributed by atoms with Crippen LogP contribution in [0.15, 0.2) is 12.1 Å². The lowest BCUT2D eigenvalue weighted by Gasteiger charge is -2.09. The minimum absolute atomic E-state index is 0.343. The smallest absolute Gasteiger partial charge is 0.126 e. The predicted octanol–water partition coefficient (Wildman–Crippen LogP) is 3.95. The van der Waals surface area contributed by atoms with Gasteiger partial charge >= 0.3 is 0 Å². The molecule has 0 spiro atoms. The monoisotopic (exact) mass is 233 g/mol. The maximum atomic E-state index is 12.8. The van der Waals surface area contributed by atoms with Crippen molar-refractivity contribution in [1.82, 2.24) is 0 Å². The van der Waals surface area contributed by atoms with Crippen molar-refractivity contribution in [3.8, 4) is 0 Å². The van der Waals surface area contributed by atoms with Gasteiger partial charge in [-0.25, -0.2) is 4.39 Å². The second-order valence-corrected chi connectivity index (χ2v) is 4.38. The standard InChI is InChI=1S/C10H10Cl2FN/c11-8-3-7(13)4-9(12)10(8)14-5-6-1-2-6/h3-4,6,14H,1-2,5H2. The first-order valence-electron chi connectivity index (χ1n) is 4.55. The molecule has 1 aliphatic rings. The molecule has 1 aromatic rings. The van der Waals surface area contributed by atoms with Crippen LogP contribution in [0.5, 0.6) is 0 Å². The topological polar surface area (TPSA) is 12.0 Å². The summed E-state index contributed by atoms with van der Waals surface area (Å²) in [6.45, 7) is 0.866. The summed E-state index contributed by atoms with van der Waals surface area (Å²) < 4.78 is 12.8. The molecule has 1 saturated carbocycles. The van der Waals surface area contributed by atoms with Crippen LogP contribution >= 0.6 is 23.2 Å². The van der Waals surface area contributed by atoms with Crippen molar-refractivity contribution < 1.29 is 4.39 Å². The lowest BCUT2D eigenvalue weighted by atomic mass is 10.3. The van der Waals surface area contributed by atoms with E-state index >= 15 is 0 Å². The number of nitrogens with one attached hydrogen (secondary N) is 1. The summed E-state index contributed by atoms with van der Waals surface area (Å²) in [6.07, 6.45) is 2.51. The number of hydrogen-bond donors (Lipinski definition) is 1. The Hall–Kier alpha value is -0.470. The molecule has 1 N–H and O–H groups in total. The number of anilines is 1. The average Bonchev–Trinajstić information content (AvgIpc) is 2.85. The maximum Gasteiger partial charge on any atom is 0.126 e. The van der Waals surface area contributed by atoms with Gasteiger partial charge in [0.05, 0.1) is 15.7 Å². The highest BCUT2D eigenvalue weighted by molar-refractivity contribution is 6.39. The normalized spacial score (nSPS) is 15.6. The van der Waals surface area contributed by atoms with Crippen LogP contribution in [-0.2, 0) is 0 Å². The van der Waals surface area contributed by atoms with Crippen LogP contribution in [-0.4, -0.2) is 6.54 Å². The van der Waals surface area contributed by atoms with Crippen molar-refractivity contribution in [2.75, 3.05) is 11.9 Å². The Bertz CT molecular complexity index is 327. The van der Waals surface area contributed by atoms with Crippen LogP contribution in [0.2, 0.25) is 10.0 Å². The van der Waals surface area contributed by atoms with Crippen molar-refractivity contribution in [2.45, 2.75) is 12.8 Å². The summed E-state index contributed by atoms with van der Waals surface area (Å²) in [6, 6.07) is 2.53. The highest BCUT2D eigenvalue weighted by atomic mass is 35.5. The second kappa shape index (κ2) is 3.95. The van der Waals surface area contributed by atoms with E-state index in [1.54, 1.807) is 0 Å². The molecule has 14 heavy (non-hydrogen) atoms. The molecule has 0 aromatic heterocycles. The van der Waals surface area contributed by atoms with Gasteiger partial charge in [0, 0.05) is 6.54 Å². The summed E-state index contributed by atoms with van der Waals surface area (Å²) >= 11 is 11.7. The number of benzene rings is 1. The predicted molar refractivity (Wildman–Crippen MR) is 57.6 cm³/mol. The van der Waals surface area contributed by atoms with Crippen LogP contribution in [0, 0.1) is 11.7 Å². The lowest BCUT2D eigenvalue weighted by Crippen LogP contribution is -2.04.